The molecule has 2 aromatic rings. The van der Waals surface area contributed by atoms with Crippen molar-refractivity contribution in [3.63, 3.8) is 0 Å². The van der Waals surface area contributed by atoms with E-state index in [4.69, 9.17) is 22.1 Å². The highest BCUT2D eigenvalue weighted by Gasteiger charge is 2.28. The Morgan fingerprint density at radius 2 is 1.88 bits per heavy atom. The number of hydrogen-bond acceptors (Lipinski definition) is 6. The van der Waals surface area contributed by atoms with Crippen LogP contribution in [0.1, 0.15) is 17.3 Å². The molecule has 170 valence electrons. The Morgan fingerprint density at radius 3 is 2.44 bits per heavy atom. The number of primary amides is 1. The number of imide groups is 1. The fraction of sp³-hybridized carbons (Fsp3) is 0.150. The van der Waals surface area contributed by atoms with E-state index in [9.17, 15) is 27.2 Å². The van der Waals surface area contributed by atoms with Crippen molar-refractivity contribution in [2.75, 3.05) is 10.8 Å². The Labute approximate surface area is 188 Å². The molecule has 12 heteroatoms. The van der Waals surface area contributed by atoms with Crippen LogP contribution in [-0.4, -0.2) is 39.0 Å². The van der Waals surface area contributed by atoms with Gasteiger partial charge in [0.1, 0.15) is 10.7 Å². The van der Waals surface area contributed by atoms with Crippen molar-refractivity contribution >= 4 is 45.2 Å². The van der Waals surface area contributed by atoms with Gasteiger partial charge >= 0.3 is 12.0 Å². The van der Waals surface area contributed by atoms with Crippen LogP contribution in [0.15, 0.2) is 60.0 Å². The Kier molecular flexibility index (Phi) is 7.95. The zero-order chi connectivity index (χ0) is 24.1. The van der Waals surface area contributed by atoms with Gasteiger partial charge in [-0.15, -0.1) is 6.58 Å². The van der Waals surface area contributed by atoms with Crippen LogP contribution in [-0.2, 0) is 19.6 Å². The van der Waals surface area contributed by atoms with Gasteiger partial charge in [0.25, 0.3) is 15.9 Å². The van der Waals surface area contributed by atoms with E-state index in [1.54, 1.807) is 5.32 Å². The van der Waals surface area contributed by atoms with Crippen molar-refractivity contribution in [1.29, 1.82) is 0 Å². The van der Waals surface area contributed by atoms with Crippen LogP contribution in [0, 0.1) is 5.82 Å². The van der Waals surface area contributed by atoms with Gasteiger partial charge in [-0.1, -0.05) is 17.7 Å². The number of ether oxygens (including phenoxy) is 1. The molecule has 2 rings (SSSR count). The molecule has 1 atom stereocenters. The quantitative estimate of drug-likeness (QED) is 0.437. The summed E-state index contributed by atoms with van der Waals surface area (Å²) >= 11 is 6.10. The highest BCUT2D eigenvalue weighted by Crippen LogP contribution is 2.30. The van der Waals surface area contributed by atoms with Gasteiger partial charge in [0.2, 0.25) is 0 Å². The molecular weight excluding hydrogens is 465 g/mol. The number of carbonyl (C=O) groups is 3. The normalized spacial score (nSPS) is 11.8. The fourth-order valence-electron chi connectivity index (χ4n) is 2.52. The van der Waals surface area contributed by atoms with Gasteiger partial charge in [-0.25, -0.2) is 22.4 Å². The maximum absolute atomic E-state index is 13.3. The van der Waals surface area contributed by atoms with E-state index in [1.807, 2.05) is 0 Å². The summed E-state index contributed by atoms with van der Waals surface area (Å²) in [6.45, 7) is 4.57. The summed E-state index contributed by atoms with van der Waals surface area (Å²) in [4.78, 5) is 34.4. The molecule has 0 aliphatic carbocycles. The Hall–Kier alpha value is -3.44. The number of rotatable bonds is 8. The molecule has 0 radical (unpaired) electrons. The summed E-state index contributed by atoms with van der Waals surface area (Å²) in [6.07, 6.45) is -0.0615. The van der Waals surface area contributed by atoms with Crippen LogP contribution in [0.3, 0.4) is 0 Å². The number of amides is 3. The lowest BCUT2D eigenvalue weighted by Crippen LogP contribution is -2.42. The minimum atomic E-state index is -4.32. The van der Waals surface area contributed by atoms with E-state index in [0.717, 1.165) is 22.5 Å². The number of esters is 1. The SMILES string of the molecule is C=CCN(c1ccc(F)cc1)S(=O)(=O)c1cc(C(=O)OC(C)C(=O)NC(N)=O)ccc1Cl. The number of urea groups is 1. The highest BCUT2D eigenvalue weighted by atomic mass is 35.5. The molecular formula is C20H19ClFN3O6S. The monoisotopic (exact) mass is 483 g/mol. The Morgan fingerprint density at radius 1 is 1.25 bits per heavy atom. The first-order valence-electron chi connectivity index (χ1n) is 8.97. The lowest BCUT2D eigenvalue weighted by atomic mass is 10.2. The summed E-state index contributed by atoms with van der Waals surface area (Å²) in [7, 11) is -4.32. The molecule has 2 aromatic carbocycles. The number of nitrogens with zero attached hydrogens (tertiary/aromatic N) is 1. The molecule has 9 nitrogen and oxygen atoms in total. The van der Waals surface area contributed by atoms with Crippen molar-refractivity contribution in [3.8, 4) is 0 Å². The summed E-state index contributed by atoms with van der Waals surface area (Å²) in [5, 5.41) is 1.58. The number of benzene rings is 2. The molecule has 0 bridgehead atoms. The number of halogens is 2. The van der Waals surface area contributed by atoms with Crippen LogP contribution in [0.25, 0.3) is 0 Å². The molecule has 0 saturated heterocycles. The highest BCUT2D eigenvalue weighted by molar-refractivity contribution is 7.93. The predicted molar refractivity (Wildman–Crippen MR) is 115 cm³/mol. The fourth-order valence-corrected chi connectivity index (χ4v) is 4.46. The van der Waals surface area contributed by atoms with E-state index in [2.05, 4.69) is 6.58 Å². The first-order chi connectivity index (χ1) is 15.0. The number of anilines is 1. The molecule has 3 amide bonds. The second kappa shape index (κ2) is 10.2. The molecule has 0 spiro atoms. The average molecular weight is 484 g/mol. The minimum Gasteiger partial charge on any atom is -0.449 e. The van der Waals surface area contributed by atoms with Gasteiger partial charge in [-0.3, -0.25) is 14.4 Å². The van der Waals surface area contributed by atoms with Gasteiger partial charge in [0, 0.05) is 0 Å². The van der Waals surface area contributed by atoms with E-state index in [0.29, 0.717) is 0 Å². The molecule has 3 N–H and O–H groups in total. The number of hydrogen-bond donors (Lipinski definition) is 2. The molecule has 0 aliphatic heterocycles. The van der Waals surface area contributed by atoms with E-state index < -0.39 is 44.7 Å². The van der Waals surface area contributed by atoms with Crippen molar-refractivity contribution < 1.29 is 31.9 Å². The second-order valence-corrected chi connectivity index (χ2v) is 8.59. The second-order valence-electron chi connectivity index (χ2n) is 6.35. The van der Waals surface area contributed by atoms with Gasteiger partial charge < -0.3 is 10.5 Å². The first kappa shape index (κ1) is 24.8. The van der Waals surface area contributed by atoms with Gasteiger partial charge in [-0.2, -0.15) is 0 Å². The van der Waals surface area contributed by atoms with Crippen molar-refractivity contribution in [3.05, 3.63) is 71.5 Å². The number of nitrogens with two attached hydrogens (primary N) is 1. The maximum Gasteiger partial charge on any atom is 0.338 e. The van der Waals surface area contributed by atoms with Gasteiger partial charge in [-0.05, 0) is 49.4 Å². The van der Waals surface area contributed by atoms with Crippen LogP contribution >= 0.6 is 11.6 Å². The molecule has 1 unspecified atom stereocenters. The molecule has 0 saturated carbocycles. The molecule has 0 aromatic heterocycles. The number of sulfonamides is 1. The van der Waals surface area contributed by atoms with Crippen molar-refractivity contribution in [2.45, 2.75) is 17.9 Å². The Bertz CT molecular complexity index is 1150. The zero-order valence-corrected chi connectivity index (χ0v) is 18.3. The third-order valence-corrected chi connectivity index (χ3v) is 6.32. The first-order valence-corrected chi connectivity index (χ1v) is 10.8. The van der Waals surface area contributed by atoms with Crippen LogP contribution < -0.4 is 15.4 Å². The summed E-state index contributed by atoms with van der Waals surface area (Å²) in [5.74, 6) is -2.55. The Balaban J connectivity index is 2.40. The average Bonchev–Trinajstić information content (AvgIpc) is 2.72. The zero-order valence-electron chi connectivity index (χ0n) is 16.7. The third-order valence-electron chi connectivity index (χ3n) is 4.04. The molecule has 0 fully saturated rings. The maximum atomic E-state index is 13.3. The van der Waals surface area contributed by atoms with Gasteiger partial charge in [0.05, 0.1) is 22.8 Å². The minimum absolute atomic E-state index is 0.145. The number of carbonyl (C=O) groups excluding carboxylic acids is 3. The smallest absolute Gasteiger partial charge is 0.338 e. The largest absolute Gasteiger partial charge is 0.449 e. The predicted octanol–water partition coefficient (Wildman–Crippen LogP) is 2.60. The number of nitrogens with one attached hydrogen (secondary N) is 1. The third kappa shape index (κ3) is 5.83. The summed E-state index contributed by atoms with van der Waals surface area (Å²) < 4.78 is 45.7. The van der Waals surface area contributed by atoms with E-state index in [-0.39, 0.29) is 22.8 Å². The molecule has 32 heavy (non-hydrogen) atoms. The van der Waals surface area contributed by atoms with Crippen LogP contribution in [0.4, 0.5) is 14.9 Å². The van der Waals surface area contributed by atoms with Crippen LogP contribution in [0.5, 0.6) is 0 Å². The standard InChI is InChI=1S/C20H19ClFN3O6S/c1-3-10-25(15-7-5-14(22)6-8-15)32(29,30)17-11-13(4-9-16(17)21)19(27)31-12(2)18(26)24-20(23)28/h3-9,11-12H,1,10H2,2H3,(H3,23,24,26,28). The summed E-state index contributed by atoms with van der Waals surface area (Å²) in [6, 6.07) is 6.96. The lowest BCUT2D eigenvalue weighted by Gasteiger charge is -2.24. The van der Waals surface area contributed by atoms with E-state index >= 15 is 0 Å². The molecule has 0 heterocycles. The molecule has 0 aliphatic rings. The van der Waals surface area contributed by atoms with Crippen LogP contribution in [0.2, 0.25) is 5.02 Å². The van der Waals surface area contributed by atoms with Gasteiger partial charge in [0.15, 0.2) is 6.10 Å². The lowest BCUT2D eigenvalue weighted by molar-refractivity contribution is -0.127. The van der Waals surface area contributed by atoms with Crippen molar-refractivity contribution in [2.24, 2.45) is 5.73 Å². The van der Waals surface area contributed by atoms with E-state index in [1.165, 1.54) is 37.3 Å². The van der Waals surface area contributed by atoms with Crippen molar-refractivity contribution in [1.82, 2.24) is 5.32 Å². The topological polar surface area (TPSA) is 136 Å². The summed E-state index contributed by atoms with van der Waals surface area (Å²) in [5.41, 5.74) is 4.77.